The van der Waals surface area contributed by atoms with Crippen LogP contribution in [0.15, 0.2) is 12.1 Å². The molecular weight excluding hydrogens is 230 g/mol. The van der Waals surface area contributed by atoms with E-state index >= 15 is 0 Å². The van der Waals surface area contributed by atoms with Crippen molar-refractivity contribution in [1.29, 1.82) is 0 Å². The Morgan fingerprint density at radius 1 is 1.24 bits per heavy atom. The highest BCUT2D eigenvalue weighted by Crippen LogP contribution is 2.30. The second-order valence-electron chi connectivity index (χ2n) is 4.63. The Labute approximate surface area is 106 Å². The van der Waals surface area contributed by atoms with E-state index in [4.69, 9.17) is 0 Å². The Morgan fingerprint density at radius 3 is 2.59 bits per heavy atom. The van der Waals surface area contributed by atoms with Gasteiger partial charge in [-0.3, -0.25) is 0 Å². The molecule has 0 aliphatic heterocycles. The summed E-state index contributed by atoms with van der Waals surface area (Å²) in [5, 5.41) is 4.41. The van der Waals surface area contributed by atoms with Crippen molar-refractivity contribution in [3.8, 4) is 0 Å². The number of benzene rings is 1. The predicted octanol–water partition coefficient (Wildman–Crippen LogP) is 2.89. The third-order valence-electron chi connectivity index (χ3n) is 2.78. The van der Waals surface area contributed by atoms with Crippen LogP contribution in [0.25, 0.3) is 10.2 Å². The average Bonchev–Trinajstić information content (AvgIpc) is 2.68. The minimum atomic E-state index is 0.935. The SMILES string of the molecule is Cc1ccc(C)c2sc(NCCN(C)C)nc12. The van der Waals surface area contributed by atoms with Crippen molar-refractivity contribution in [2.45, 2.75) is 13.8 Å². The summed E-state index contributed by atoms with van der Waals surface area (Å²) in [4.78, 5) is 6.82. The van der Waals surface area contributed by atoms with E-state index in [1.807, 2.05) is 0 Å². The molecule has 0 amide bonds. The summed E-state index contributed by atoms with van der Waals surface area (Å²) in [6.45, 7) is 6.22. The Bertz CT molecular complexity index is 478. The van der Waals surface area contributed by atoms with Gasteiger partial charge in [0, 0.05) is 13.1 Å². The van der Waals surface area contributed by atoms with Crippen LogP contribution in [0.3, 0.4) is 0 Å². The summed E-state index contributed by atoms with van der Waals surface area (Å²) < 4.78 is 1.30. The maximum atomic E-state index is 4.66. The molecular formula is C13H19N3S. The van der Waals surface area contributed by atoms with Gasteiger partial charge in [0.1, 0.15) is 0 Å². The molecule has 2 aromatic rings. The second kappa shape index (κ2) is 5.02. The Hall–Kier alpha value is -1.13. The molecule has 92 valence electrons. The molecule has 1 N–H and O–H groups in total. The van der Waals surface area contributed by atoms with Crippen LogP contribution < -0.4 is 5.32 Å². The van der Waals surface area contributed by atoms with Gasteiger partial charge in [0.15, 0.2) is 5.13 Å². The van der Waals surface area contributed by atoms with Gasteiger partial charge in [0.25, 0.3) is 0 Å². The van der Waals surface area contributed by atoms with E-state index in [0.29, 0.717) is 0 Å². The number of nitrogens with one attached hydrogen (secondary N) is 1. The molecule has 0 radical (unpaired) electrons. The van der Waals surface area contributed by atoms with Crippen LogP contribution in [-0.4, -0.2) is 37.1 Å². The molecule has 0 saturated carbocycles. The first-order valence-electron chi connectivity index (χ1n) is 5.83. The zero-order valence-electron chi connectivity index (χ0n) is 10.9. The van der Waals surface area contributed by atoms with E-state index in [0.717, 1.165) is 23.7 Å². The predicted molar refractivity (Wildman–Crippen MR) is 76.1 cm³/mol. The first-order chi connectivity index (χ1) is 8.08. The van der Waals surface area contributed by atoms with E-state index < -0.39 is 0 Å². The van der Waals surface area contributed by atoms with E-state index in [1.54, 1.807) is 11.3 Å². The third-order valence-corrected chi connectivity index (χ3v) is 3.93. The smallest absolute Gasteiger partial charge is 0.183 e. The highest BCUT2D eigenvalue weighted by molar-refractivity contribution is 7.22. The molecule has 0 aliphatic rings. The van der Waals surface area contributed by atoms with Crippen molar-refractivity contribution < 1.29 is 0 Å². The molecule has 3 nitrogen and oxygen atoms in total. The van der Waals surface area contributed by atoms with E-state index in [1.165, 1.54) is 15.8 Å². The highest BCUT2D eigenvalue weighted by Gasteiger charge is 2.07. The normalized spacial score (nSPS) is 11.4. The zero-order valence-corrected chi connectivity index (χ0v) is 11.7. The monoisotopic (exact) mass is 249 g/mol. The molecule has 1 aromatic carbocycles. The van der Waals surface area contributed by atoms with E-state index in [-0.39, 0.29) is 0 Å². The summed E-state index contributed by atoms with van der Waals surface area (Å²) in [5.41, 5.74) is 3.70. The number of hydrogen-bond acceptors (Lipinski definition) is 4. The van der Waals surface area contributed by atoms with Crippen LogP contribution in [0.2, 0.25) is 0 Å². The van der Waals surface area contributed by atoms with Crippen molar-refractivity contribution in [3.05, 3.63) is 23.3 Å². The first kappa shape index (κ1) is 12.3. The molecule has 0 bridgehead atoms. The number of anilines is 1. The lowest BCUT2D eigenvalue weighted by Gasteiger charge is -2.08. The second-order valence-corrected chi connectivity index (χ2v) is 5.63. The fourth-order valence-electron chi connectivity index (χ4n) is 1.72. The maximum Gasteiger partial charge on any atom is 0.183 e. The van der Waals surface area contributed by atoms with Crippen LogP contribution in [0, 0.1) is 13.8 Å². The van der Waals surface area contributed by atoms with Crippen LogP contribution in [0.4, 0.5) is 5.13 Å². The van der Waals surface area contributed by atoms with Crippen LogP contribution in [0.5, 0.6) is 0 Å². The minimum Gasteiger partial charge on any atom is -0.360 e. The van der Waals surface area contributed by atoms with Gasteiger partial charge in [0.05, 0.1) is 10.2 Å². The van der Waals surface area contributed by atoms with Gasteiger partial charge in [-0.2, -0.15) is 0 Å². The molecule has 4 heteroatoms. The van der Waals surface area contributed by atoms with Crippen LogP contribution >= 0.6 is 11.3 Å². The number of aryl methyl sites for hydroxylation is 2. The van der Waals surface area contributed by atoms with Crippen LogP contribution in [-0.2, 0) is 0 Å². The molecule has 0 spiro atoms. The Kier molecular flexibility index (Phi) is 3.64. The fourth-order valence-corrected chi connectivity index (χ4v) is 2.76. The first-order valence-corrected chi connectivity index (χ1v) is 6.65. The molecule has 1 aromatic heterocycles. The molecule has 0 unspecified atom stereocenters. The van der Waals surface area contributed by atoms with Crippen molar-refractivity contribution in [2.24, 2.45) is 0 Å². The minimum absolute atomic E-state index is 0.935. The van der Waals surface area contributed by atoms with E-state index in [9.17, 15) is 0 Å². The molecule has 1 heterocycles. The van der Waals surface area contributed by atoms with Crippen LogP contribution in [0.1, 0.15) is 11.1 Å². The quantitative estimate of drug-likeness (QED) is 0.903. The molecule has 17 heavy (non-hydrogen) atoms. The van der Waals surface area contributed by atoms with Crippen molar-refractivity contribution in [1.82, 2.24) is 9.88 Å². The number of nitrogens with zero attached hydrogens (tertiary/aromatic N) is 2. The molecule has 0 aliphatic carbocycles. The lowest BCUT2D eigenvalue weighted by atomic mass is 10.1. The third kappa shape index (κ3) is 2.76. The number of fused-ring (bicyclic) bond motifs is 1. The summed E-state index contributed by atoms with van der Waals surface area (Å²) in [6, 6.07) is 4.31. The van der Waals surface area contributed by atoms with Crippen molar-refractivity contribution >= 4 is 26.7 Å². The molecule has 0 fully saturated rings. The van der Waals surface area contributed by atoms with Gasteiger partial charge in [-0.05, 0) is 39.1 Å². The maximum absolute atomic E-state index is 4.66. The standard InChI is InChI=1S/C13H19N3S/c1-9-5-6-10(2)12-11(9)15-13(17-12)14-7-8-16(3)4/h5-6H,7-8H2,1-4H3,(H,14,15). The van der Waals surface area contributed by atoms with Gasteiger partial charge >= 0.3 is 0 Å². The zero-order chi connectivity index (χ0) is 12.4. The number of thiazole rings is 1. The number of aromatic nitrogens is 1. The topological polar surface area (TPSA) is 28.2 Å². The number of rotatable bonds is 4. The van der Waals surface area contributed by atoms with Crippen molar-refractivity contribution in [2.75, 3.05) is 32.5 Å². The summed E-state index contributed by atoms with van der Waals surface area (Å²) in [7, 11) is 4.16. The van der Waals surface area contributed by atoms with Crippen molar-refractivity contribution in [3.63, 3.8) is 0 Å². The average molecular weight is 249 g/mol. The van der Waals surface area contributed by atoms with Gasteiger partial charge in [-0.15, -0.1) is 0 Å². The number of hydrogen-bond donors (Lipinski definition) is 1. The van der Waals surface area contributed by atoms with E-state index in [2.05, 4.69) is 55.3 Å². The Balaban J connectivity index is 2.20. The lowest BCUT2D eigenvalue weighted by molar-refractivity contribution is 0.425. The number of likely N-dealkylation sites (N-methyl/N-ethyl adjacent to an activating group) is 1. The largest absolute Gasteiger partial charge is 0.360 e. The molecule has 2 rings (SSSR count). The summed E-state index contributed by atoms with van der Waals surface area (Å²) in [5.74, 6) is 0. The fraction of sp³-hybridized carbons (Fsp3) is 0.462. The van der Waals surface area contributed by atoms with Gasteiger partial charge < -0.3 is 10.2 Å². The van der Waals surface area contributed by atoms with Gasteiger partial charge in [0.2, 0.25) is 0 Å². The Morgan fingerprint density at radius 2 is 1.94 bits per heavy atom. The summed E-state index contributed by atoms with van der Waals surface area (Å²) >= 11 is 1.75. The molecule has 0 saturated heterocycles. The molecule has 0 atom stereocenters. The van der Waals surface area contributed by atoms with Gasteiger partial charge in [-0.25, -0.2) is 4.98 Å². The highest BCUT2D eigenvalue weighted by atomic mass is 32.1. The lowest BCUT2D eigenvalue weighted by Crippen LogP contribution is -2.20. The summed E-state index contributed by atoms with van der Waals surface area (Å²) in [6.07, 6.45) is 0. The van der Waals surface area contributed by atoms with Gasteiger partial charge in [-0.1, -0.05) is 23.5 Å².